The van der Waals surface area contributed by atoms with E-state index in [0.29, 0.717) is 0 Å². The molecule has 1 aliphatic carbocycles. The number of hydrogen-bond acceptors (Lipinski definition) is 3. The molecule has 3 atom stereocenters. The van der Waals surface area contributed by atoms with Crippen molar-refractivity contribution in [2.75, 3.05) is 0 Å². The summed E-state index contributed by atoms with van der Waals surface area (Å²) < 4.78 is 6.07. The molecule has 0 aromatic heterocycles. The maximum atomic E-state index is 10.1. The highest BCUT2D eigenvalue weighted by molar-refractivity contribution is 5.36. The van der Waals surface area contributed by atoms with Crippen LogP contribution >= 0.6 is 0 Å². The normalized spacial score (nSPS) is 25.6. The average molecular weight is 263 g/mol. The maximum Gasteiger partial charge on any atom is 0.124 e. The molecule has 0 amide bonds. The van der Waals surface area contributed by atoms with Crippen molar-refractivity contribution in [2.45, 2.75) is 63.7 Å². The summed E-state index contributed by atoms with van der Waals surface area (Å²) in [6.07, 6.45) is 5.62. The summed E-state index contributed by atoms with van der Waals surface area (Å²) in [5.41, 5.74) is 7.17. The summed E-state index contributed by atoms with van der Waals surface area (Å²) in [7, 11) is 0. The van der Waals surface area contributed by atoms with Crippen LogP contribution in [0.1, 0.15) is 57.1 Å². The molecule has 3 nitrogen and oxygen atoms in total. The van der Waals surface area contributed by atoms with Crippen LogP contribution in [0.15, 0.2) is 24.3 Å². The van der Waals surface area contributed by atoms with E-state index in [4.69, 9.17) is 10.5 Å². The molecule has 0 bridgehead atoms. The zero-order valence-electron chi connectivity index (χ0n) is 11.7. The van der Waals surface area contributed by atoms with Crippen LogP contribution in [-0.2, 0) is 0 Å². The fourth-order valence-electron chi connectivity index (χ4n) is 2.67. The minimum atomic E-state index is -0.353. The second kappa shape index (κ2) is 6.92. The molecule has 0 spiro atoms. The molecular formula is C16H25NO2. The highest BCUT2D eigenvalue weighted by Gasteiger charge is 2.24. The summed E-state index contributed by atoms with van der Waals surface area (Å²) in [4.78, 5) is 0. The maximum absolute atomic E-state index is 10.1. The van der Waals surface area contributed by atoms with Crippen LogP contribution in [0, 0.1) is 0 Å². The van der Waals surface area contributed by atoms with E-state index in [9.17, 15) is 5.11 Å². The van der Waals surface area contributed by atoms with Crippen LogP contribution in [0.5, 0.6) is 5.75 Å². The molecule has 106 valence electrons. The van der Waals surface area contributed by atoms with Crippen LogP contribution in [0.4, 0.5) is 0 Å². The van der Waals surface area contributed by atoms with Gasteiger partial charge in [-0.2, -0.15) is 0 Å². The minimum Gasteiger partial charge on any atom is -0.487 e. The summed E-state index contributed by atoms with van der Waals surface area (Å²) in [5.74, 6) is 0.836. The Kier molecular flexibility index (Phi) is 5.23. The fraction of sp³-hybridized carbons (Fsp3) is 0.625. The van der Waals surface area contributed by atoms with Crippen molar-refractivity contribution in [3.63, 3.8) is 0 Å². The van der Waals surface area contributed by atoms with Crippen LogP contribution in [0.25, 0.3) is 0 Å². The number of hydrogen-bond donors (Lipinski definition) is 2. The molecular weight excluding hydrogens is 238 g/mol. The predicted molar refractivity (Wildman–Crippen MR) is 77.2 cm³/mol. The highest BCUT2D eigenvalue weighted by atomic mass is 16.5. The van der Waals surface area contributed by atoms with Gasteiger partial charge in [-0.3, -0.25) is 0 Å². The first-order valence-corrected chi connectivity index (χ1v) is 7.41. The molecule has 0 saturated heterocycles. The van der Waals surface area contributed by atoms with Crippen molar-refractivity contribution >= 4 is 0 Å². The largest absolute Gasteiger partial charge is 0.487 e. The molecule has 2 rings (SSSR count). The molecule has 19 heavy (non-hydrogen) atoms. The average Bonchev–Trinajstić information content (AvgIpc) is 2.64. The lowest BCUT2D eigenvalue weighted by atomic mass is 10.0. The lowest BCUT2D eigenvalue weighted by Gasteiger charge is -2.24. The third-order valence-electron chi connectivity index (χ3n) is 3.95. The van der Waals surface area contributed by atoms with E-state index in [2.05, 4.69) is 6.92 Å². The van der Waals surface area contributed by atoms with Gasteiger partial charge in [-0.25, -0.2) is 0 Å². The van der Waals surface area contributed by atoms with Gasteiger partial charge in [0.15, 0.2) is 0 Å². The van der Waals surface area contributed by atoms with Gasteiger partial charge in [-0.05, 0) is 31.7 Å². The molecule has 1 aliphatic rings. The van der Waals surface area contributed by atoms with Crippen molar-refractivity contribution in [2.24, 2.45) is 5.73 Å². The van der Waals surface area contributed by atoms with E-state index < -0.39 is 0 Å². The van der Waals surface area contributed by atoms with Crippen molar-refractivity contribution in [1.29, 1.82) is 0 Å². The number of rotatable bonds is 4. The van der Waals surface area contributed by atoms with Crippen LogP contribution in [-0.4, -0.2) is 17.3 Å². The van der Waals surface area contributed by atoms with E-state index in [1.807, 2.05) is 24.3 Å². The minimum absolute atomic E-state index is 0.000814. The van der Waals surface area contributed by atoms with E-state index >= 15 is 0 Å². The second-order valence-corrected chi connectivity index (χ2v) is 5.41. The molecule has 0 radical (unpaired) electrons. The zero-order chi connectivity index (χ0) is 13.7. The summed E-state index contributed by atoms with van der Waals surface area (Å²) in [6.45, 7) is 2.07. The van der Waals surface area contributed by atoms with Gasteiger partial charge in [0.25, 0.3) is 0 Å². The Morgan fingerprint density at radius 3 is 2.79 bits per heavy atom. The Balaban J connectivity index is 2.13. The van der Waals surface area contributed by atoms with Crippen molar-refractivity contribution in [1.82, 2.24) is 0 Å². The molecule has 3 heteroatoms. The van der Waals surface area contributed by atoms with E-state index in [1.54, 1.807) is 0 Å². The number of ether oxygens (including phenoxy) is 1. The smallest absolute Gasteiger partial charge is 0.124 e. The first-order chi connectivity index (χ1) is 9.22. The molecule has 2 unspecified atom stereocenters. The third kappa shape index (κ3) is 3.71. The first kappa shape index (κ1) is 14.4. The van der Waals surface area contributed by atoms with Gasteiger partial charge in [0.2, 0.25) is 0 Å². The van der Waals surface area contributed by atoms with Gasteiger partial charge in [0.05, 0.1) is 6.10 Å². The fourth-order valence-corrected chi connectivity index (χ4v) is 2.67. The predicted octanol–water partition coefficient (Wildman–Crippen LogP) is 3.17. The standard InChI is InChI=1S/C16H25NO2/c1-2-13(17)12-8-6-7-10-15(12)19-16-11-5-3-4-9-14(16)18/h6-8,10,13-14,16,18H,2-5,9,11,17H2,1H3/t13-,14?,16?/m1/s1. The van der Waals surface area contributed by atoms with Crippen molar-refractivity contribution in [3.8, 4) is 5.75 Å². The van der Waals surface area contributed by atoms with E-state index in [1.165, 1.54) is 6.42 Å². The molecule has 0 heterocycles. The summed E-state index contributed by atoms with van der Waals surface area (Å²) in [5, 5.41) is 10.1. The zero-order valence-corrected chi connectivity index (χ0v) is 11.7. The van der Waals surface area contributed by atoms with Gasteiger partial charge in [-0.1, -0.05) is 38.0 Å². The lowest BCUT2D eigenvalue weighted by Crippen LogP contribution is -2.31. The highest BCUT2D eigenvalue weighted by Crippen LogP contribution is 2.29. The van der Waals surface area contributed by atoms with Gasteiger partial charge in [-0.15, -0.1) is 0 Å². The lowest BCUT2D eigenvalue weighted by molar-refractivity contribution is 0.0312. The SMILES string of the molecule is CC[C@@H](N)c1ccccc1OC1CCCCCC1O. The molecule has 3 N–H and O–H groups in total. The Bertz CT molecular complexity index is 394. The Morgan fingerprint density at radius 2 is 2.00 bits per heavy atom. The number of benzene rings is 1. The van der Waals surface area contributed by atoms with Crippen molar-refractivity contribution in [3.05, 3.63) is 29.8 Å². The van der Waals surface area contributed by atoms with Gasteiger partial charge >= 0.3 is 0 Å². The second-order valence-electron chi connectivity index (χ2n) is 5.41. The number of aliphatic hydroxyl groups excluding tert-OH is 1. The Labute approximate surface area is 115 Å². The Hall–Kier alpha value is -1.06. The van der Waals surface area contributed by atoms with Crippen molar-refractivity contribution < 1.29 is 9.84 Å². The van der Waals surface area contributed by atoms with Gasteiger partial charge in [0.1, 0.15) is 11.9 Å². The molecule has 1 saturated carbocycles. The van der Waals surface area contributed by atoms with Gasteiger partial charge in [0, 0.05) is 11.6 Å². The van der Waals surface area contributed by atoms with Crippen LogP contribution in [0.3, 0.4) is 0 Å². The van der Waals surface area contributed by atoms with Crippen LogP contribution < -0.4 is 10.5 Å². The van der Waals surface area contributed by atoms with Crippen LogP contribution in [0.2, 0.25) is 0 Å². The molecule has 1 aromatic rings. The molecule has 1 fully saturated rings. The quantitative estimate of drug-likeness (QED) is 0.820. The van der Waals surface area contributed by atoms with Gasteiger partial charge < -0.3 is 15.6 Å². The Morgan fingerprint density at radius 1 is 1.26 bits per heavy atom. The summed E-state index contributed by atoms with van der Waals surface area (Å²) >= 11 is 0. The first-order valence-electron chi connectivity index (χ1n) is 7.41. The topological polar surface area (TPSA) is 55.5 Å². The summed E-state index contributed by atoms with van der Waals surface area (Å²) in [6, 6.07) is 7.93. The number of aliphatic hydroxyl groups is 1. The third-order valence-corrected chi connectivity index (χ3v) is 3.95. The van der Waals surface area contributed by atoms with E-state index in [0.717, 1.165) is 43.4 Å². The molecule has 1 aromatic carbocycles. The van der Waals surface area contributed by atoms with E-state index in [-0.39, 0.29) is 18.2 Å². The number of nitrogens with two attached hydrogens (primary N) is 1. The molecule has 0 aliphatic heterocycles. The number of para-hydroxylation sites is 1. The monoisotopic (exact) mass is 263 g/mol.